The Kier molecular flexibility index (Phi) is 6.46. The van der Waals surface area contributed by atoms with E-state index in [1.165, 1.54) is 12.8 Å². The predicted molar refractivity (Wildman–Crippen MR) is 117 cm³/mol. The van der Waals surface area contributed by atoms with E-state index in [1.807, 2.05) is 54.6 Å². The molecule has 7 heteroatoms. The first kappa shape index (κ1) is 19.9. The summed E-state index contributed by atoms with van der Waals surface area (Å²) in [6.45, 7) is 2.16. The number of nitrogens with two attached hydrogens (primary N) is 1. The quantitative estimate of drug-likeness (QED) is 0.464. The molecule has 0 aliphatic carbocycles. The predicted octanol–water partition coefficient (Wildman–Crippen LogP) is 2.77. The molecule has 1 atom stereocenters. The van der Waals surface area contributed by atoms with Gasteiger partial charge in [0.05, 0.1) is 0 Å². The van der Waals surface area contributed by atoms with Crippen LogP contribution in [0.2, 0.25) is 3.67 Å². The second kappa shape index (κ2) is 9.41. The molecule has 0 spiro atoms. The van der Waals surface area contributed by atoms with Gasteiger partial charge in [-0.15, -0.1) is 0 Å². The van der Waals surface area contributed by atoms with Crippen molar-refractivity contribution in [3.8, 4) is 11.5 Å². The molecule has 1 aliphatic heterocycles. The van der Waals surface area contributed by atoms with Crippen LogP contribution in [-0.4, -0.2) is 51.7 Å². The molecule has 0 amide bonds. The SMILES string of the molecule is N=C(c1ccc(Oc2ccccc2)cc1)c1c(N)ncn[c]1[In][CH]1CCCNC1. The topological polar surface area (TPSA) is 96.9 Å². The Morgan fingerprint density at radius 1 is 1.07 bits per heavy atom. The van der Waals surface area contributed by atoms with Crippen molar-refractivity contribution < 1.29 is 4.74 Å². The maximum absolute atomic E-state index is 8.78. The van der Waals surface area contributed by atoms with Crippen LogP contribution in [0.15, 0.2) is 60.9 Å². The van der Waals surface area contributed by atoms with Crippen LogP contribution in [-0.2, 0) is 0 Å². The number of rotatable bonds is 6. The van der Waals surface area contributed by atoms with Crippen molar-refractivity contribution in [1.29, 1.82) is 5.41 Å². The van der Waals surface area contributed by atoms with E-state index in [4.69, 9.17) is 15.9 Å². The Bertz CT molecular complexity index is 972. The van der Waals surface area contributed by atoms with Crippen LogP contribution in [0, 0.1) is 5.41 Å². The molecule has 3 aromatic rings. The molecule has 1 aromatic heterocycles. The van der Waals surface area contributed by atoms with Crippen LogP contribution in [0.25, 0.3) is 0 Å². The summed E-state index contributed by atoms with van der Waals surface area (Å²) in [6.07, 6.45) is 4.00. The van der Waals surface area contributed by atoms with Crippen molar-refractivity contribution in [3.63, 3.8) is 0 Å². The van der Waals surface area contributed by atoms with Gasteiger partial charge in [-0.3, -0.25) is 0 Å². The van der Waals surface area contributed by atoms with E-state index in [0.29, 0.717) is 15.2 Å². The van der Waals surface area contributed by atoms with Crippen molar-refractivity contribution in [2.24, 2.45) is 0 Å². The standard InChI is InChI=1S/C17H13N4O.C5H10N.In/c18-16(15-10-20-11-21-17(15)19)12-6-8-14(9-7-12)22-13-4-2-1-3-5-13;1-2-4-6-5-3-1;/h1-9,11,18H,(H2,19,20,21);2,6H,1,3-5H2;. The van der Waals surface area contributed by atoms with Gasteiger partial charge in [0.1, 0.15) is 0 Å². The van der Waals surface area contributed by atoms with Crippen LogP contribution >= 0.6 is 0 Å². The molecule has 1 radical (unpaired) electrons. The summed E-state index contributed by atoms with van der Waals surface area (Å²) < 4.78 is 7.58. The zero-order valence-electron chi connectivity index (χ0n) is 16.1. The van der Waals surface area contributed by atoms with Crippen molar-refractivity contribution in [1.82, 2.24) is 15.3 Å². The van der Waals surface area contributed by atoms with Crippen LogP contribution < -0.4 is 19.2 Å². The van der Waals surface area contributed by atoms with Crippen LogP contribution in [0.3, 0.4) is 0 Å². The molecule has 2 heterocycles. The van der Waals surface area contributed by atoms with Crippen molar-refractivity contribution >= 4 is 37.9 Å². The van der Waals surface area contributed by atoms with Gasteiger partial charge >= 0.3 is 182 Å². The number of nitrogen functional groups attached to an aromatic ring is 1. The third-order valence-corrected chi connectivity index (χ3v) is 10.1. The molecule has 1 saturated heterocycles. The van der Waals surface area contributed by atoms with E-state index in [1.54, 1.807) is 6.33 Å². The summed E-state index contributed by atoms with van der Waals surface area (Å²) >= 11 is -1.20. The van der Waals surface area contributed by atoms with E-state index in [-0.39, 0.29) is 0 Å². The van der Waals surface area contributed by atoms with Crippen LogP contribution in [0.5, 0.6) is 11.5 Å². The number of ether oxygens (including phenoxy) is 1. The third kappa shape index (κ3) is 4.97. The van der Waals surface area contributed by atoms with E-state index in [0.717, 1.165) is 39.2 Å². The minimum absolute atomic E-state index is 0.388. The number of hydrogen-bond acceptors (Lipinski definition) is 6. The van der Waals surface area contributed by atoms with Gasteiger partial charge < -0.3 is 0 Å². The summed E-state index contributed by atoms with van der Waals surface area (Å²) in [5.41, 5.74) is 8.09. The number of hydrogen-bond donors (Lipinski definition) is 3. The average Bonchev–Trinajstić information content (AvgIpc) is 2.75. The molecule has 1 unspecified atom stereocenters. The molecule has 4 rings (SSSR count). The van der Waals surface area contributed by atoms with Crippen molar-refractivity contribution in [2.45, 2.75) is 16.5 Å². The van der Waals surface area contributed by atoms with E-state index >= 15 is 0 Å². The van der Waals surface area contributed by atoms with Gasteiger partial charge in [0.2, 0.25) is 0 Å². The fourth-order valence-electron chi connectivity index (χ4n) is 3.50. The average molecular weight is 488 g/mol. The third-order valence-electron chi connectivity index (χ3n) is 5.01. The molecule has 1 aliphatic rings. The summed E-state index contributed by atoms with van der Waals surface area (Å²) in [5.74, 6) is 1.92. The van der Waals surface area contributed by atoms with Crippen molar-refractivity contribution in [2.75, 3.05) is 18.8 Å². The number of nitrogens with zero attached hydrogens (tertiary/aromatic N) is 2. The van der Waals surface area contributed by atoms with Gasteiger partial charge in [0.25, 0.3) is 0 Å². The molecule has 29 heavy (non-hydrogen) atoms. The molecule has 0 saturated carbocycles. The number of aromatic nitrogens is 2. The van der Waals surface area contributed by atoms with Gasteiger partial charge in [-0.1, -0.05) is 0 Å². The molecular weight excluding hydrogens is 465 g/mol. The zero-order chi connectivity index (χ0) is 20.1. The second-order valence-corrected chi connectivity index (χ2v) is 12.3. The Morgan fingerprint density at radius 2 is 1.83 bits per heavy atom. The first-order valence-electron chi connectivity index (χ1n) is 9.79. The maximum atomic E-state index is 8.78. The summed E-state index contributed by atoms with van der Waals surface area (Å²) in [4.78, 5) is 8.72. The molecule has 4 N–H and O–H groups in total. The number of nitrogens with one attached hydrogen (secondary N) is 2. The molecule has 0 bridgehead atoms. The molecule has 1 fully saturated rings. The first-order valence-corrected chi connectivity index (χ1v) is 13.3. The molecular formula is C22H23InN5O. The summed E-state index contributed by atoms with van der Waals surface area (Å²) in [6, 6.07) is 17.2. The molecule has 145 valence electrons. The van der Waals surface area contributed by atoms with Gasteiger partial charge in [-0.2, -0.15) is 0 Å². The fourth-order valence-corrected chi connectivity index (χ4v) is 8.48. The number of anilines is 1. The number of para-hydroxylation sites is 1. The summed E-state index contributed by atoms with van der Waals surface area (Å²) in [5, 5.41) is 12.3. The Balaban J connectivity index is 1.54. The van der Waals surface area contributed by atoms with Gasteiger partial charge in [0, 0.05) is 0 Å². The molecule has 6 nitrogen and oxygen atoms in total. The van der Waals surface area contributed by atoms with Crippen LogP contribution in [0.4, 0.5) is 5.82 Å². The van der Waals surface area contributed by atoms with Gasteiger partial charge in [-0.05, 0) is 0 Å². The zero-order valence-corrected chi connectivity index (χ0v) is 19.4. The second-order valence-electron chi connectivity index (χ2n) is 7.11. The Labute approximate surface area is 181 Å². The Morgan fingerprint density at radius 3 is 2.55 bits per heavy atom. The van der Waals surface area contributed by atoms with E-state index in [2.05, 4.69) is 15.3 Å². The Hall–Kier alpha value is -2.38. The normalized spacial score (nSPS) is 16.2. The monoisotopic (exact) mass is 488 g/mol. The van der Waals surface area contributed by atoms with Crippen molar-refractivity contribution in [3.05, 3.63) is 72.1 Å². The van der Waals surface area contributed by atoms with E-state index in [9.17, 15) is 0 Å². The van der Waals surface area contributed by atoms with Crippen LogP contribution in [0.1, 0.15) is 24.0 Å². The van der Waals surface area contributed by atoms with Gasteiger partial charge in [-0.25, -0.2) is 0 Å². The van der Waals surface area contributed by atoms with Gasteiger partial charge in [0.15, 0.2) is 0 Å². The first-order chi connectivity index (χ1) is 14.2. The fraction of sp³-hybridized carbons (Fsp3) is 0.227. The number of piperidine rings is 1. The summed E-state index contributed by atoms with van der Waals surface area (Å²) in [7, 11) is 0. The number of benzene rings is 2. The molecule has 2 aromatic carbocycles. The minimum atomic E-state index is -1.20. The van der Waals surface area contributed by atoms with E-state index < -0.39 is 22.9 Å².